The summed E-state index contributed by atoms with van der Waals surface area (Å²) in [6, 6.07) is 10.4. The Labute approximate surface area is 132 Å². The maximum atomic E-state index is 12.3. The van der Waals surface area contributed by atoms with Crippen LogP contribution in [0.15, 0.2) is 47.4 Å². The fraction of sp³-hybridized carbons (Fsp3) is 0.0714. The van der Waals surface area contributed by atoms with Gasteiger partial charge >= 0.3 is 0 Å². The van der Waals surface area contributed by atoms with Crippen molar-refractivity contribution >= 4 is 44.7 Å². The molecule has 0 heterocycles. The quantitative estimate of drug-likeness (QED) is 0.853. The molecule has 4 nitrogen and oxygen atoms in total. The molecule has 2 aromatic carbocycles. The molecule has 0 fully saturated rings. The number of hydrogen-bond acceptors (Lipinski definition) is 3. The number of anilines is 1. The normalized spacial score (nSPS) is 11.2. The van der Waals surface area contributed by atoms with Crippen LogP contribution in [0.2, 0.25) is 10.0 Å². The summed E-state index contributed by atoms with van der Waals surface area (Å²) in [5.74, 6) is -0.238. The topological polar surface area (TPSA) is 63.2 Å². The molecule has 2 rings (SSSR count). The number of rotatable bonds is 4. The van der Waals surface area contributed by atoms with E-state index < -0.39 is 10.0 Å². The molecular formula is C14H11Cl2NO3S. The van der Waals surface area contributed by atoms with Crippen LogP contribution < -0.4 is 4.72 Å². The van der Waals surface area contributed by atoms with Gasteiger partial charge in [-0.1, -0.05) is 35.3 Å². The van der Waals surface area contributed by atoms with E-state index in [0.29, 0.717) is 0 Å². The number of ketones is 1. The number of hydrogen-bond donors (Lipinski definition) is 1. The van der Waals surface area contributed by atoms with Gasteiger partial charge in [0.05, 0.1) is 10.6 Å². The van der Waals surface area contributed by atoms with E-state index in [2.05, 4.69) is 4.72 Å². The van der Waals surface area contributed by atoms with Gasteiger partial charge in [-0.05, 0) is 37.3 Å². The monoisotopic (exact) mass is 343 g/mol. The highest BCUT2D eigenvalue weighted by Gasteiger charge is 2.18. The molecule has 0 radical (unpaired) electrons. The van der Waals surface area contributed by atoms with Crippen LogP contribution in [0.5, 0.6) is 0 Å². The molecule has 0 saturated carbocycles. The summed E-state index contributed by atoms with van der Waals surface area (Å²) in [6.45, 7) is 1.36. The zero-order valence-corrected chi connectivity index (χ0v) is 13.3. The lowest BCUT2D eigenvalue weighted by Crippen LogP contribution is -2.15. The van der Waals surface area contributed by atoms with Crippen LogP contribution in [0.4, 0.5) is 5.69 Å². The van der Waals surface area contributed by atoms with Gasteiger partial charge in [0.25, 0.3) is 10.0 Å². The largest absolute Gasteiger partial charge is 0.294 e. The van der Waals surface area contributed by atoms with E-state index in [1.165, 1.54) is 31.2 Å². The van der Waals surface area contributed by atoms with Gasteiger partial charge in [0.15, 0.2) is 5.78 Å². The Balaban J connectivity index is 2.45. The number of para-hydroxylation sites is 1. The molecule has 7 heteroatoms. The number of sulfonamides is 1. The van der Waals surface area contributed by atoms with Crippen LogP contribution in [0.1, 0.15) is 17.3 Å². The fourth-order valence-corrected chi connectivity index (χ4v) is 3.57. The minimum Gasteiger partial charge on any atom is -0.294 e. The average Bonchev–Trinajstić information content (AvgIpc) is 2.37. The van der Waals surface area contributed by atoms with Gasteiger partial charge in [-0.3, -0.25) is 9.52 Å². The van der Waals surface area contributed by atoms with Crippen molar-refractivity contribution < 1.29 is 13.2 Å². The highest BCUT2D eigenvalue weighted by molar-refractivity contribution is 7.92. The zero-order chi connectivity index (χ0) is 15.6. The van der Waals surface area contributed by atoms with Gasteiger partial charge < -0.3 is 0 Å². The Morgan fingerprint density at radius 2 is 1.62 bits per heavy atom. The van der Waals surface area contributed by atoms with Gasteiger partial charge in [0, 0.05) is 15.6 Å². The van der Waals surface area contributed by atoms with Crippen LogP contribution in [0.3, 0.4) is 0 Å². The lowest BCUT2D eigenvalue weighted by Gasteiger charge is -2.11. The molecule has 0 spiro atoms. The van der Waals surface area contributed by atoms with E-state index in [0.717, 1.165) is 0 Å². The second-order valence-corrected chi connectivity index (χ2v) is 6.87. The maximum absolute atomic E-state index is 12.3. The summed E-state index contributed by atoms with van der Waals surface area (Å²) in [5.41, 5.74) is 0.496. The highest BCUT2D eigenvalue weighted by Crippen LogP contribution is 2.25. The summed E-state index contributed by atoms with van der Waals surface area (Å²) >= 11 is 11.6. The first-order valence-corrected chi connectivity index (χ1v) is 8.12. The molecule has 0 aromatic heterocycles. The number of halogens is 2. The molecular weight excluding hydrogens is 333 g/mol. The van der Waals surface area contributed by atoms with Gasteiger partial charge in [-0.2, -0.15) is 0 Å². The van der Waals surface area contributed by atoms with Crippen LogP contribution in [-0.2, 0) is 10.0 Å². The van der Waals surface area contributed by atoms with E-state index >= 15 is 0 Å². The molecule has 0 aliphatic rings. The van der Waals surface area contributed by atoms with Crippen molar-refractivity contribution in [3.63, 3.8) is 0 Å². The van der Waals surface area contributed by atoms with E-state index in [-0.39, 0.29) is 32.0 Å². The molecule has 0 saturated heterocycles. The molecule has 2 aromatic rings. The Kier molecular flexibility index (Phi) is 4.56. The lowest BCUT2D eigenvalue weighted by atomic mass is 10.1. The summed E-state index contributed by atoms with van der Waals surface area (Å²) in [4.78, 5) is 11.4. The fourth-order valence-electron chi connectivity index (χ4n) is 1.77. The summed E-state index contributed by atoms with van der Waals surface area (Å²) in [7, 11) is -3.89. The Hall–Kier alpha value is -1.56. The Morgan fingerprint density at radius 3 is 2.19 bits per heavy atom. The zero-order valence-electron chi connectivity index (χ0n) is 10.9. The minimum absolute atomic E-state index is 0.0710. The van der Waals surface area contributed by atoms with Crippen molar-refractivity contribution in [1.82, 2.24) is 0 Å². The number of carbonyl (C=O) groups excluding carboxylic acids is 1. The van der Waals surface area contributed by atoms with Gasteiger partial charge in [0.2, 0.25) is 0 Å². The third-order valence-electron chi connectivity index (χ3n) is 2.70. The minimum atomic E-state index is -3.89. The van der Waals surface area contributed by atoms with Crippen LogP contribution in [-0.4, -0.2) is 14.2 Å². The van der Waals surface area contributed by atoms with Crippen LogP contribution in [0, 0.1) is 0 Å². The van der Waals surface area contributed by atoms with Crippen LogP contribution >= 0.6 is 23.2 Å². The number of carbonyl (C=O) groups is 1. The number of Topliss-reactive ketones (excluding diaryl/α,β-unsaturated/α-hetero) is 1. The molecule has 0 aliphatic heterocycles. The van der Waals surface area contributed by atoms with Crippen molar-refractivity contribution in [3.8, 4) is 0 Å². The number of nitrogens with one attached hydrogen (secondary N) is 1. The average molecular weight is 344 g/mol. The first kappa shape index (κ1) is 15.8. The predicted octanol–water partition coefficient (Wildman–Crippen LogP) is 4.00. The smallest absolute Gasteiger partial charge is 0.262 e. The Bertz CT molecular complexity index is 783. The summed E-state index contributed by atoms with van der Waals surface area (Å²) < 4.78 is 27.1. The van der Waals surface area contributed by atoms with Crippen molar-refractivity contribution in [3.05, 3.63) is 58.1 Å². The third-order valence-corrected chi connectivity index (χ3v) is 4.48. The molecule has 0 atom stereocenters. The first-order chi connectivity index (χ1) is 9.79. The molecule has 0 bridgehead atoms. The SMILES string of the molecule is CC(=O)c1ccccc1NS(=O)(=O)c1cc(Cl)cc(Cl)c1. The maximum Gasteiger partial charge on any atom is 0.262 e. The van der Waals surface area contributed by atoms with Crippen molar-refractivity contribution in [1.29, 1.82) is 0 Å². The van der Waals surface area contributed by atoms with Crippen molar-refractivity contribution in [2.24, 2.45) is 0 Å². The van der Waals surface area contributed by atoms with Gasteiger partial charge in [-0.15, -0.1) is 0 Å². The molecule has 0 unspecified atom stereocenters. The van der Waals surface area contributed by atoms with E-state index in [1.807, 2.05) is 0 Å². The van der Waals surface area contributed by atoms with E-state index in [4.69, 9.17) is 23.2 Å². The molecule has 0 amide bonds. The Morgan fingerprint density at radius 1 is 1.05 bits per heavy atom. The summed E-state index contributed by atoms with van der Waals surface area (Å²) in [6.07, 6.45) is 0. The van der Waals surface area contributed by atoms with E-state index in [9.17, 15) is 13.2 Å². The van der Waals surface area contributed by atoms with E-state index in [1.54, 1.807) is 18.2 Å². The summed E-state index contributed by atoms with van der Waals surface area (Å²) in [5, 5.41) is 0.422. The van der Waals surface area contributed by atoms with Crippen LogP contribution in [0.25, 0.3) is 0 Å². The molecule has 21 heavy (non-hydrogen) atoms. The standard InChI is InChI=1S/C14H11Cl2NO3S/c1-9(18)13-4-2-3-5-14(13)17-21(19,20)12-7-10(15)6-11(16)8-12/h2-8,17H,1H3. The van der Waals surface area contributed by atoms with Gasteiger partial charge in [-0.25, -0.2) is 8.42 Å². The van der Waals surface area contributed by atoms with Crippen molar-refractivity contribution in [2.45, 2.75) is 11.8 Å². The predicted molar refractivity (Wildman–Crippen MR) is 83.7 cm³/mol. The lowest BCUT2D eigenvalue weighted by molar-refractivity contribution is 0.101. The third kappa shape index (κ3) is 3.75. The second-order valence-electron chi connectivity index (χ2n) is 4.31. The first-order valence-electron chi connectivity index (χ1n) is 5.88. The highest BCUT2D eigenvalue weighted by atomic mass is 35.5. The van der Waals surface area contributed by atoms with Crippen molar-refractivity contribution in [2.75, 3.05) is 4.72 Å². The number of benzene rings is 2. The molecule has 110 valence electrons. The molecule has 1 N–H and O–H groups in total. The second kappa shape index (κ2) is 6.05. The molecule has 0 aliphatic carbocycles. The van der Waals surface area contributed by atoms with Gasteiger partial charge in [0.1, 0.15) is 0 Å².